The second kappa shape index (κ2) is 8.29. The van der Waals surface area contributed by atoms with Crippen LogP contribution in [0.15, 0.2) is 42.5 Å². The molecule has 0 atom stereocenters. The topological polar surface area (TPSA) is 49.4 Å². The lowest BCUT2D eigenvalue weighted by Gasteiger charge is -2.17. The fraction of sp³-hybridized carbons (Fsp3) is 0.222. The number of amides is 1. The maximum absolute atomic E-state index is 12.1. The van der Waals surface area contributed by atoms with Crippen LogP contribution in [0.4, 0.5) is 5.69 Å². The smallest absolute Gasteiger partial charge is 0.238 e. The van der Waals surface area contributed by atoms with Gasteiger partial charge in [0.1, 0.15) is 0 Å². The molecule has 0 aliphatic heterocycles. The summed E-state index contributed by atoms with van der Waals surface area (Å²) in [7, 11) is 1.84. The van der Waals surface area contributed by atoms with E-state index in [0.29, 0.717) is 27.8 Å². The molecule has 0 unspecified atom stereocenters. The molecular formula is C18H18Cl2N2O2. The summed E-state index contributed by atoms with van der Waals surface area (Å²) in [4.78, 5) is 25.2. The van der Waals surface area contributed by atoms with Crippen molar-refractivity contribution in [2.45, 2.75) is 13.5 Å². The first-order valence-corrected chi connectivity index (χ1v) is 8.14. The van der Waals surface area contributed by atoms with Gasteiger partial charge in [-0.3, -0.25) is 14.5 Å². The average molecular weight is 365 g/mol. The zero-order valence-corrected chi connectivity index (χ0v) is 15.0. The zero-order valence-electron chi connectivity index (χ0n) is 13.5. The van der Waals surface area contributed by atoms with Crippen LogP contribution in [0.3, 0.4) is 0 Å². The van der Waals surface area contributed by atoms with Crippen LogP contribution >= 0.6 is 23.2 Å². The fourth-order valence-electron chi connectivity index (χ4n) is 2.23. The first-order valence-electron chi connectivity index (χ1n) is 7.38. The van der Waals surface area contributed by atoms with Gasteiger partial charge in [-0.05, 0) is 55.9 Å². The number of hydrogen-bond donors (Lipinski definition) is 1. The highest BCUT2D eigenvalue weighted by Gasteiger charge is 2.10. The number of hydrogen-bond acceptors (Lipinski definition) is 3. The molecule has 0 aliphatic rings. The number of Topliss-reactive ketones (excluding diaryl/α,β-unsaturated/α-hetero) is 1. The van der Waals surface area contributed by atoms with Gasteiger partial charge < -0.3 is 5.32 Å². The van der Waals surface area contributed by atoms with Gasteiger partial charge in [-0.1, -0.05) is 29.3 Å². The number of nitrogens with zero attached hydrogens (tertiary/aromatic N) is 1. The minimum atomic E-state index is -0.141. The van der Waals surface area contributed by atoms with Crippen molar-refractivity contribution in [1.29, 1.82) is 0 Å². The highest BCUT2D eigenvalue weighted by molar-refractivity contribution is 6.35. The Balaban J connectivity index is 1.90. The van der Waals surface area contributed by atoms with E-state index in [4.69, 9.17) is 23.2 Å². The lowest BCUT2D eigenvalue weighted by molar-refractivity contribution is -0.117. The maximum atomic E-state index is 12.1. The van der Waals surface area contributed by atoms with Crippen molar-refractivity contribution >= 4 is 40.6 Å². The van der Waals surface area contributed by atoms with Gasteiger partial charge in [0.25, 0.3) is 0 Å². The second-order valence-corrected chi connectivity index (χ2v) is 6.43. The van der Waals surface area contributed by atoms with Gasteiger partial charge in [0, 0.05) is 27.8 Å². The molecule has 0 fully saturated rings. The van der Waals surface area contributed by atoms with Gasteiger partial charge in [-0.15, -0.1) is 0 Å². The fourth-order valence-corrected chi connectivity index (χ4v) is 2.70. The van der Waals surface area contributed by atoms with Crippen LogP contribution < -0.4 is 5.32 Å². The Morgan fingerprint density at radius 3 is 2.33 bits per heavy atom. The molecule has 0 bridgehead atoms. The van der Waals surface area contributed by atoms with Crippen LogP contribution in [0.2, 0.25) is 10.0 Å². The summed E-state index contributed by atoms with van der Waals surface area (Å²) in [6.45, 7) is 2.25. The third kappa shape index (κ3) is 5.34. The van der Waals surface area contributed by atoms with Gasteiger partial charge in [-0.2, -0.15) is 0 Å². The Hall–Kier alpha value is -1.88. The highest BCUT2D eigenvalue weighted by atomic mass is 35.5. The standard InChI is InChI=1S/C18H18Cl2N2O2/c1-12(23)13-4-7-16(8-5-13)21-18(24)11-22(2)10-14-3-6-15(19)9-17(14)20/h3-9H,10-11H2,1-2H3,(H,21,24). The van der Waals surface area contributed by atoms with Crippen molar-refractivity contribution in [2.24, 2.45) is 0 Å². The predicted molar refractivity (Wildman–Crippen MR) is 97.9 cm³/mol. The van der Waals surface area contributed by atoms with Gasteiger partial charge in [0.15, 0.2) is 5.78 Å². The molecular weight excluding hydrogens is 347 g/mol. The van der Waals surface area contributed by atoms with E-state index < -0.39 is 0 Å². The molecule has 0 spiro atoms. The molecule has 24 heavy (non-hydrogen) atoms. The zero-order chi connectivity index (χ0) is 17.7. The molecule has 0 aliphatic carbocycles. The van der Waals surface area contributed by atoms with Crippen LogP contribution in [0.25, 0.3) is 0 Å². The summed E-state index contributed by atoms with van der Waals surface area (Å²) in [5, 5.41) is 3.96. The number of carbonyl (C=O) groups excluding carboxylic acids is 2. The highest BCUT2D eigenvalue weighted by Crippen LogP contribution is 2.22. The summed E-state index contributed by atoms with van der Waals surface area (Å²) in [6, 6.07) is 12.1. The largest absolute Gasteiger partial charge is 0.325 e. The van der Waals surface area contributed by atoms with Crippen molar-refractivity contribution in [3.63, 3.8) is 0 Å². The van der Waals surface area contributed by atoms with Crippen molar-refractivity contribution in [3.8, 4) is 0 Å². The quantitative estimate of drug-likeness (QED) is 0.778. The Bertz CT molecular complexity index is 745. The van der Waals surface area contributed by atoms with E-state index in [1.165, 1.54) is 6.92 Å². The Morgan fingerprint density at radius 1 is 1.08 bits per heavy atom. The van der Waals surface area contributed by atoms with E-state index in [1.54, 1.807) is 36.4 Å². The predicted octanol–water partition coefficient (Wildman–Crippen LogP) is 4.27. The third-order valence-corrected chi connectivity index (χ3v) is 4.03. The van der Waals surface area contributed by atoms with E-state index in [-0.39, 0.29) is 18.2 Å². The van der Waals surface area contributed by atoms with E-state index in [2.05, 4.69) is 5.32 Å². The molecule has 0 saturated carbocycles. The minimum Gasteiger partial charge on any atom is -0.325 e. The molecule has 0 radical (unpaired) electrons. The molecule has 0 saturated heterocycles. The Morgan fingerprint density at radius 2 is 1.75 bits per heavy atom. The van der Waals surface area contributed by atoms with Crippen LogP contribution in [-0.2, 0) is 11.3 Å². The van der Waals surface area contributed by atoms with Crippen molar-refractivity contribution in [3.05, 3.63) is 63.6 Å². The molecule has 126 valence electrons. The normalized spacial score (nSPS) is 10.7. The lowest BCUT2D eigenvalue weighted by atomic mass is 10.1. The number of likely N-dealkylation sites (N-methyl/N-ethyl adjacent to an activating group) is 1. The van der Waals surface area contributed by atoms with Crippen LogP contribution in [-0.4, -0.2) is 30.2 Å². The van der Waals surface area contributed by atoms with Crippen molar-refractivity contribution in [1.82, 2.24) is 4.90 Å². The summed E-state index contributed by atoms with van der Waals surface area (Å²) in [5.41, 5.74) is 2.17. The van der Waals surface area contributed by atoms with Crippen LogP contribution in [0, 0.1) is 0 Å². The summed E-state index contributed by atoms with van der Waals surface area (Å²) >= 11 is 12.0. The molecule has 4 nitrogen and oxygen atoms in total. The summed E-state index contributed by atoms with van der Waals surface area (Å²) in [6.07, 6.45) is 0. The first kappa shape index (κ1) is 18.5. The van der Waals surface area contributed by atoms with E-state index >= 15 is 0 Å². The third-order valence-electron chi connectivity index (χ3n) is 3.44. The number of ketones is 1. The maximum Gasteiger partial charge on any atom is 0.238 e. The molecule has 2 aromatic carbocycles. The number of carbonyl (C=O) groups is 2. The van der Waals surface area contributed by atoms with Gasteiger partial charge in [0.2, 0.25) is 5.91 Å². The van der Waals surface area contributed by atoms with E-state index in [1.807, 2.05) is 18.0 Å². The average Bonchev–Trinajstić information content (AvgIpc) is 2.50. The number of rotatable bonds is 6. The minimum absolute atomic E-state index is 0.00699. The molecule has 2 rings (SSSR count). The van der Waals surface area contributed by atoms with Crippen molar-refractivity contribution < 1.29 is 9.59 Å². The van der Waals surface area contributed by atoms with E-state index in [0.717, 1.165) is 5.56 Å². The summed E-state index contributed by atoms with van der Waals surface area (Å²) in [5.74, 6) is -0.148. The molecule has 1 amide bonds. The molecule has 6 heteroatoms. The number of halogens is 2. The Kier molecular flexibility index (Phi) is 6.37. The SMILES string of the molecule is CC(=O)c1ccc(NC(=O)CN(C)Cc2ccc(Cl)cc2Cl)cc1. The van der Waals surface area contributed by atoms with Gasteiger partial charge >= 0.3 is 0 Å². The van der Waals surface area contributed by atoms with Crippen LogP contribution in [0.1, 0.15) is 22.8 Å². The number of anilines is 1. The molecule has 0 aromatic heterocycles. The van der Waals surface area contributed by atoms with Crippen molar-refractivity contribution in [2.75, 3.05) is 18.9 Å². The molecule has 1 N–H and O–H groups in total. The van der Waals surface area contributed by atoms with Gasteiger partial charge in [-0.25, -0.2) is 0 Å². The van der Waals surface area contributed by atoms with Gasteiger partial charge in [0.05, 0.1) is 6.54 Å². The molecule has 0 heterocycles. The number of nitrogens with one attached hydrogen (secondary N) is 1. The monoisotopic (exact) mass is 364 g/mol. The van der Waals surface area contributed by atoms with Crippen LogP contribution in [0.5, 0.6) is 0 Å². The summed E-state index contributed by atoms with van der Waals surface area (Å²) < 4.78 is 0. The number of benzene rings is 2. The lowest BCUT2D eigenvalue weighted by Crippen LogP contribution is -2.29. The molecule has 2 aromatic rings. The Labute approximate surface area is 151 Å². The van der Waals surface area contributed by atoms with E-state index in [9.17, 15) is 9.59 Å². The second-order valence-electron chi connectivity index (χ2n) is 5.59. The first-order chi connectivity index (χ1) is 11.3.